The summed E-state index contributed by atoms with van der Waals surface area (Å²) < 4.78 is 0. The number of carbonyl (C=O) groups excluding carboxylic acids is 1. The molecule has 0 radical (unpaired) electrons. The van der Waals surface area contributed by atoms with E-state index in [0.29, 0.717) is 21.5 Å². The van der Waals surface area contributed by atoms with Crippen molar-refractivity contribution < 1.29 is 9.72 Å². The van der Waals surface area contributed by atoms with Crippen molar-refractivity contribution in [1.29, 1.82) is 0 Å². The molecule has 0 spiro atoms. The Morgan fingerprint density at radius 1 is 1.23 bits per heavy atom. The number of benzene rings is 2. The van der Waals surface area contributed by atoms with E-state index in [1.807, 2.05) is 17.5 Å². The minimum Gasteiger partial charge on any atom is -0.383 e. The fourth-order valence-corrected chi connectivity index (χ4v) is 3.13. The molecule has 3 aromatic rings. The van der Waals surface area contributed by atoms with Crippen LogP contribution in [0.4, 0.5) is 16.5 Å². The Bertz CT molecular complexity index is 972. The SMILES string of the molecule is CNc1ccc(C(=O)Nc2nc(-c3ccc(Cl)cc3)cs2)cc1[N+](=O)[O-]. The van der Waals surface area contributed by atoms with E-state index in [1.54, 1.807) is 19.2 Å². The lowest BCUT2D eigenvalue weighted by molar-refractivity contribution is -0.384. The molecule has 0 unspecified atom stereocenters. The molecule has 9 heteroatoms. The number of nitro benzene ring substituents is 1. The van der Waals surface area contributed by atoms with Gasteiger partial charge >= 0.3 is 0 Å². The van der Waals surface area contributed by atoms with Crippen molar-refractivity contribution in [3.8, 4) is 11.3 Å². The summed E-state index contributed by atoms with van der Waals surface area (Å²) in [6.45, 7) is 0. The molecule has 26 heavy (non-hydrogen) atoms. The van der Waals surface area contributed by atoms with Crippen LogP contribution in [0.3, 0.4) is 0 Å². The molecule has 0 aliphatic heterocycles. The summed E-state index contributed by atoms with van der Waals surface area (Å²) in [5, 5.41) is 19.3. The number of amides is 1. The second-order valence-corrected chi connectivity index (χ2v) is 6.53. The average molecular weight is 389 g/mol. The molecule has 0 aliphatic carbocycles. The van der Waals surface area contributed by atoms with Crippen LogP contribution >= 0.6 is 22.9 Å². The first-order valence-electron chi connectivity index (χ1n) is 7.47. The predicted octanol–water partition coefficient (Wildman–Crippen LogP) is 4.67. The van der Waals surface area contributed by atoms with Crippen LogP contribution in [0, 0.1) is 10.1 Å². The van der Waals surface area contributed by atoms with Crippen LogP contribution in [0.5, 0.6) is 0 Å². The zero-order valence-corrected chi connectivity index (χ0v) is 15.1. The highest BCUT2D eigenvalue weighted by Gasteiger charge is 2.17. The first kappa shape index (κ1) is 17.8. The zero-order chi connectivity index (χ0) is 18.7. The number of nitrogens with zero attached hydrogens (tertiary/aromatic N) is 2. The van der Waals surface area contributed by atoms with Gasteiger partial charge in [-0.3, -0.25) is 20.2 Å². The first-order valence-corrected chi connectivity index (χ1v) is 8.72. The van der Waals surface area contributed by atoms with Crippen LogP contribution in [0.25, 0.3) is 11.3 Å². The minimum atomic E-state index is -0.537. The average Bonchev–Trinajstić information content (AvgIpc) is 3.10. The van der Waals surface area contributed by atoms with Crippen LogP contribution < -0.4 is 10.6 Å². The van der Waals surface area contributed by atoms with Gasteiger partial charge in [-0.05, 0) is 24.3 Å². The van der Waals surface area contributed by atoms with E-state index >= 15 is 0 Å². The Kier molecular flexibility index (Phi) is 5.15. The summed E-state index contributed by atoms with van der Waals surface area (Å²) in [7, 11) is 1.58. The quantitative estimate of drug-likeness (QED) is 0.489. The highest BCUT2D eigenvalue weighted by atomic mass is 35.5. The van der Waals surface area contributed by atoms with Crippen molar-refractivity contribution in [2.24, 2.45) is 0 Å². The summed E-state index contributed by atoms with van der Waals surface area (Å²) >= 11 is 7.14. The van der Waals surface area contributed by atoms with E-state index in [-0.39, 0.29) is 11.3 Å². The van der Waals surface area contributed by atoms with Crippen molar-refractivity contribution in [2.75, 3.05) is 17.7 Å². The molecule has 0 fully saturated rings. The van der Waals surface area contributed by atoms with Gasteiger partial charge in [0.2, 0.25) is 0 Å². The van der Waals surface area contributed by atoms with Gasteiger partial charge in [0, 0.05) is 34.6 Å². The van der Waals surface area contributed by atoms with Gasteiger partial charge in [-0.1, -0.05) is 23.7 Å². The summed E-state index contributed by atoms with van der Waals surface area (Å²) in [6, 6.07) is 11.4. The summed E-state index contributed by atoms with van der Waals surface area (Å²) in [6.07, 6.45) is 0. The number of carbonyl (C=O) groups is 1. The molecular formula is C17H13ClN4O3S. The van der Waals surface area contributed by atoms with Crippen LogP contribution in [0.15, 0.2) is 47.8 Å². The minimum absolute atomic E-state index is 0.166. The normalized spacial score (nSPS) is 10.4. The fourth-order valence-electron chi connectivity index (χ4n) is 2.29. The smallest absolute Gasteiger partial charge is 0.293 e. The molecule has 1 amide bonds. The van der Waals surface area contributed by atoms with Gasteiger partial charge in [0.1, 0.15) is 5.69 Å². The third-order valence-electron chi connectivity index (χ3n) is 3.59. The maximum atomic E-state index is 12.4. The molecule has 1 aromatic heterocycles. The van der Waals surface area contributed by atoms with Crippen molar-refractivity contribution >= 4 is 45.4 Å². The molecule has 0 saturated heterocycles. The maximum Gasteiger partial charge on any atom is 0.293 e. The third kappa shape index (κ3) is 3.81. The van der Waals surface area contributed by atoms with Crippen LogP contribution in [-0.4, -0.2) is 22.9 Å². The fraction of sp³-hybridized carbons (Fsp3) is 0.0588. The van der Waals surface area contributed by atoms with Gasteiger partial charge in [0.05, 0.1) is 10.6 Å². The molecule has 1 heterocycles. The van der Waals surface area contributed by atoms with Gasteiger partial charge in [-0.15, -0.1) is 11.3 Å². The summed E-state index contributed by atoms with van der Waals surface area (Å²) in [5.41, 5.74) is 1.93. The Hall–Kier alpha value is -2.97. The number of hydrogen-bond donors (Lipinski definition) is 2. The van der Waals surface area contributed by atoms with Crippen molar-refractivity contribution in [2.45, 2.75) is 0 Å². The number of anilines is 2. The number of hydrogen-bond acceptors (Lipinski definition) is 6. The van der Waals surface area contributed by atoms with Crippen molar-refractivity contribution in [3.05, 3.63) is 68.5 Å². The molecule has 0 saturated carbocycles. The number of nitrogens with one attached hydrogen (secondary N) is 2. The molecule has 0 atom stereocenters. The maximum absolute atomic E-state index is 12.4. The third-order valence-corrected chi connectivity index (χ3v) is 4.60. The predicted molar refractivity (Wildman–Crippen MR) is 103 cm³/mol. The number of aromatic nitrogens is 1. The second-order valence-electron chi connectivity index (χ2n) is 5.24. The van der Waals surface area contributed by atoms with Crippen LogP contribution in [0.1, 0.15) is 10.4 Å². The van der Waals surface area contributed by atoms with E-state index in [1.165, 1.54) is 29.5 Å². The number of nitro groups is 1. The molecule has 2 N–H and O–H groups in total. The molecule has 0 aliphatic rings. The van der Waals surface area contributed by atoms with E-state index in [9.17, 15) is 14.9 Å². The summed E-state index contributed by atoms with van der Waals surface area (Å²) in [4.78, 5) is 27.3. The zero-order valence-electron chi connectivity index (χ0n) is 13.5. The summed E-state index contributed by atoms with van der Waals surface area (Å²) in [5.74, 6) is -0.465. The van der Waals surface area contributed by atoms with Crippen LogP contribution in [0.2, 0.25) is 5.02 Å². The van der Waals surface area contributed by atoms with Crippen molar-refractivity contribution in [3.63, 3.8) is 0 Å². The van der Waals surface area contributed by atoms with E-state index in [0.717, 1.165) is 5.56 Å². The lowest BCUT2D eigenvalue weighted by Gasteiger charge is -2.05. The second kappa shape index (κ2) is 7.51. The number of thiazole rings is 1. The molecule has 2 aromatic carbocycles. The Morgan fingerprint density at radius 2 is 1.96 bits per heavy atom. The first-order chi connectivity index (χ1) is 12.5. The Balaban J connectivity index is 1.79. The molecule has 7 nitrogen and oxygen atoms in total. The monoisotopic (exact) mass is 388 g/mol. The lowest BCUT2D eigenvalue weighted by Crippen LogP contribution is -2.12. The molecule has 3 rings (SSSR count). The van der Waals surface area contributed by atoms with E-state index in [4.69, 9.17) is 11.6 Å². The van der Waals surface area contributed by atoms with Gasteiger partial charge in [0.25, 0.3) is 11.6 Å². The highest BCUT2D eigenvalue weighted by molar-refractivity contribution is 7.14. The van der Waals surface area contributed by atoms with E-state index < -0.39 is 10.8 Å². The van der Waals surface area contributed by atoms with Gasteiger partial charge < -0.3 is 5.32 Å². The number of halogens is 1. The molecule has 0 bridgehead atoms. The number of rotatable bonds is 5. The van der Waals surface area contributed by atoms with Gasteiger partial charge in [0.15, 0.2) is 5.13 Å². The standard InChI is InChI=1S/C17H13ClN4O3S/c1-19-13-7-4-11(8-15(13)22(24)25)16(23)21-17-20-14(9-26-17)10-2-5-12(18)6-3-10/h2-9,19H,1H3,(H,20,21,23). The van der Waals surface area contributed by atoms with Gasteiger partial charge in [-0.2, -0.15) is 0 Å². The van der Waals surface area contributed by atoms with Gasteiger partial charge in [-0.25, -0.2) is 4.98 Å². The molecular weight excluding hydrogens is 376 g/mol. The van der Waals surface area contributed by atoms with E-state index in [2.05, 4.69) is 15.6 Å². The Labute approximate surface area is 157 Å². The largest absolute Gasteiger partial charge is 0.383 e. The topological polar surface area (TPSA) is 97.2 Å². The highest BCUT2D eigenvalue weighted by Crippen LogP contribution is 2.28. The molecule has 132 valence electrons. The Morgan fingerprint density at radius 3 is 2.62 bits per heavy atom. The van der Waals surface area contributed by atoms with Crippen LogP contribution in [-0.2, 0) is 0 Å². The van der Waals surface area contributed by atoms with Crippen molar-refractivity contribution in [1.82, 2.24) is 4.98 Å². The lowest BCUT2D eigenvalue weighted by atomic mass is 10.1.